The zero-order chi connectivity index (χ0) is 22.3. The third-order valence-electron chi connectivity index (χ3n) is 5.58. The number of carbonyl (C=O) groups is 1. The van der Waals surface area contributed by atoms with Gasteiger partial charge in [0.2, 0.25) is 5.91 Å². The van der Waals surface area contributed by atoms with E-state index >= 15 is 0 Å². The Morgan fingerprint density at radius 3 is 2.32 bits per heavy atom. The largest absolute Gasteiger partial charge is 0.417 e. The molecule has 0 saturated carbocycles. The highest BCUT2D eigenvalue weighted by molar-refractivity contribution is 5.95. The lowest BCUT2D eigenvalue weighted by atomic mass is 10.0. The average Bonchev–Trinajstić information content (AvgIpc) is 3.07. The van der Waals surface area contributed by atoms with Crippen molar-refractivity contribution in [3.63, 3.8) is 0 Å². The van der Waals surface area contributed by atoms with Crippen molar-refractivity contribution in [1.82, 2.24) is 24.1 Å². The van der Waals surface area contributed by atoms with Gasteiger partial charge in [-0.1, -0.05) is 30.3 Å². The summed E-state index contributed by atoms with van der Waals surface area (Å²) in [4.78, 5) is 29.3. The molecule has 0 aliphatic carbocycles. The Kier molecular flexibility index (Phi) is 5.34. The number of aryl methyl sites for hydroxylation is 1. The molecule has 1 aliphatic heterocycles. The molecular weight excluding hydrogens is 411 g/mol. The average molecular weight is 433 g/mol. The van der Waals surface area contributed by atoms with Crippen molar-refractivity contribution in [3.05, 3.63) is 52.3 Å². The molecule has 1 amide bonds. The molecular formula is C21H22F3N5O2. The summed E-state index contributed by atoms with van der Waals surface area (Å²) in [6, 6.07) is 9.04. The van der Waals surface area contributed by atoms with Crippen LogP contribution in [-0.4, -0.2) is 63.3 Å². The van der Waals surface area contributed by atoms with Crippen molar-refractivity contribution >= 4 is 16.9 Å². The van der Waals surface area contributed by atoms with E-state index in [2.05, 4.69) is 10.00 Å². The second-order valence-corrected chi connectivity index (χ2v) is 7.70. The SMILES string of the molecule is CN1CCN(C(=O)Cn2c(=O)cc(C(F)(F)F)c3c(-c4ccccc4)nn(C)c32)CC1. The second-order valence-electron chi connectivity index (χ2n) is 7.70. The number of likely N-dealkylation sites (N-methyl/N-ethyl adjacent to an activating group) is 1. The molecule has 0 unspecified atom stereocenters. The van der Waals surface area contributed by atoms with Gasteiger partial charge in [-0.05, 0) is 7.05 Å². The zero-order valence-electron chi connectivity index (χ0n) is 17.2. The molecule has 7 nitrogen and oxygen atoms in total. The summed E-state index contributed by atoms with van der Waals surface area (Å²) in [5, 5.41) is 4.10. The molecule has 3 aromatic rings. The van der Waals surface area contributed by atoms with Gasteiger partial charge in [0.15, 0.2) is 0 Å². The summed E-state index contributed by atoms with van der Waals surface area (Å²) in [5.41, 5.74) is -1.35. The predicted molar refractivity (Wildman–Crippen MR) is 109 cm³/mol. The maximum Gasteiger partial charge on any atom is 0.417 e. The minimum Gasteiger partial charge on any atom is -0.339 e. The number of hydrogen-bond donors (Lipinski definition) is 0. The Morgan fingerprint density at radius 1 is 1.06 bits per heavy atom. The first-order chi connectivity index (χ1) is 14.7. The molecule has 31 heavy (non-hydrogen) atoms. The molecule has 4 rings (SSSR count). The number of pyridine rings is 1. The molecule has 1 aromatic carbocycles. The minimum atomic E-state index is -4.75. The quantitative estimate of drug-likeness (QED) is 0.636. The molecule has 3 heterocycles. The number of fused-ring (bicyclic) bond motifs is 1. The van der Waals surface area contributed by atoms with Crippen LogP contribution >= 0.6 is 0 Å². The van der Waals surface area contributed by atoms with Crippen molar-refractivity contribution in [2.75, 3.05) is 33.2 Å². The number of alkyl halides is 3. The summed E-state index contributed by atoms with van der Waals surface area (Å²) in [6.45, 7) is 2.08. The third kappa shape index (κ3) is 3.95. The summed E-state index contributed by atoms with van der Waals surface area (Å²) >= 11 is 0. The maximum atomic E-state index is 13.9. The Balaban J connectivity index is 1.87. The van der Waals surface area contributed by atoms with Crippen LogP contribution in [0.25, 0.3) is 22.3 Å². The molecule has 1 fully saturated rings. The summed E-state index contributed by atoms with van der Waals surface area (Å²) in [5.74, 6) is -0.307. The van der Waals surface area contributed by atoms with E-state index in [9.17, 15) is 22.8 Å². The van der Waals surface area contributed by atoms with Crippen LogP contribution in [0.1, 0.15) is 5.56 Å². The Bertz CT molecular complexity index is 1180. The first-order valence-electron chi connectivity index (χ1n) is 9.86. The Morgan fingerprint density at radius 2 is 1.71 bits per heavy atom. The molecule has 0 radical (unpaired) electrons. The van der Waals surface area contributed by atoms with Gasteiger partial charge < -0.3 is 9.80 Å². The number of rotatable bonds is 3. The highest BCUT2D eigenvalue weighted by atomic mass is 19.4. The van der Waals surface area contributed by atoms with E-state index in [1.54, 1.807) is 35.2 Å². The second kappa shape index (κ2) is 7.84. The first kappa shape index (κ1) is 21.1. The van der Waals surface area contributed by atoms with E-state index in [-0.39, 0.29) is 29.2 Å². The predicted octanol–water partition coefficient (Wildman–Crippen LogP) is 2.19. The van der Waals surface area contributed by atoms with E-state index in [4.69, 9.17) is 0 Å². The van der Waals surface area contributed by atoms with Gasteiger partial charge in [0.05, 0.1) is 10.9 Å². The molecule has 0 bridgehead atoms. The van der Waals surface area contributed by atoms with Crippen LogP contribution in [-0.2, 0) is 24.6 Å². The molecule has 0 spiro atoms. The van der Waals surface area contributed by atoms with Crippen LogP contribution in [0, 0.1) is 0 Å². The van der Waals surface area contributed by atoms with Gasteiger partial charge >= 0.3 is 6.18 Å². The van der Waals surface area contributed by atoms with Crippen LogP contribution in [0.4, 0.5) is 13.2 Å². The number of piperazine rings is 1. The lowest BCUT2D eigenvalue weighted by Crippen LogP contribution is -2.48. The van der Waals surface area contributed by atoms with Gasteiger partial charge in [0.1, 0.15) is 17.9 Å². The number of aromatic nitrogens is 3. The number of carbonyl (C=O) groups excluding carboxylic acids is 1. The molecule has 164 valence electrons. The van der Waals surface area contributed by atoms with E-state index in [1.807, 2.05) is 7.05 Å². The number of nitrogens with zero attached hydrogens (tertiary/aromatic N) is 5. The smallest absolute Gasteiger partial charge is 0.339 e. The van der Waals surface area contributed by atoms with E-state index in [1.165, 1.54) is 11.7 Å². The van der Waals surface area contributed by atoms with Crippen molar-refractivity contribution in [1.29, 1.82) is 0 Å². The number of amides is 1. The fraction of sp³-hybridized carbons (Fsp3) is 0.381. The van der Waals surface area contributed by atoms with Gasteiger partial charge in [-0.3, -0.25) is 18.8 Å². The maximum absolute atomic E-state index is 13.9. The van der Waals surface area contributed by atoms with E-state index in [0.717, 1.165) is 4.57 Å². The van der Waals surface area contributed by atoms with Crippen LogP contribution in [0.2, 0.25) is 0 Å². The first-order valence-corrected chi connectivity index (χ1v) is 9.86. The van der Waals surface area contributed by atoms with E-state index in [0.29, 0.717) is 37.8 Å². The zero-order valence-corrected chi connectivity index (χ0v) is 17.2. The summed E-state index contributed by atoms with van der Waals surface area (Å²) in [6.07, 6.45) is -4.75. The number of hydrogen-bond acceptors (Lipinski definition) is 4. The van der Waals surface area contributed by atoms with Crippen LogP contribution in [0.5, 0.6) is 0 Å². The third-order valence-corrected chi connectivity index (χ3v) is 5.58. The normalized spacial score (nSPS) is 15.6. The highest BCUT2D eigenvalue weighted by Crippen LogP contribution is 2.38. The van der Waals surface area contributed by atoms with Crippen LogP contribution in [0.3, 0.4) is 0 Å². The fourth-order valence-electron chi connectivity index (χ4n) is 3.92. The van der Waals surface area contributed by atoms with Crippen LogP contribution in [0.15, 0.2) is 41.2 Å². The fourth-order valence-corrected chi connectivity index (χ4v) is 3.92. The van der Waals surface area contributed by atoms with Crippen molar-refractivity contribution < 1.29 is 18.0 Å². The highest BCUT2D eigenvalue weighted by Gasteiger charge is 2.37. The Labute approximate surface area is 176 Å². The monoisotopic (exact) mass is 433 g/mol. The van der Waals surface area contributed by atoms with Gasteiger partial charge in [0, 0.05) is 44.9 Å². The molecule has 2 aromatic heterocycles. The number of halogens is 3. The Hall–Kier alpha value is -3.14. The van der Waals surface area contributed by atoms with Gasteiger partial charge in [-0.15, -0.1) is 0 Å². The molecule has 1 aliphatic rings. The summed E-state index contributed by atoms with van der Waals surface area (Å²) < 4.78 is 43.9. The van der Waals surface area contributed by atoms with Crippen molar-refractivity contribution in [2.45, 2.75) is 12.7 Å². The molecule has 0 N–H and O–H groups in total. The van der Waals surface area contributed by atoms with E-state index < -0.39 is 17.3 Å². The van der Waals surface area contributed by atoms with Crippen molar-refractivity contribution in [3.8, 4) is 11.3 Å². The standard InChI is InChI=1S/C21H22F3N5O2/c1-26-8-10-28(11-9-26)17(31)13-29-16(30)12-15(21(22,23)24)18-19(25-27(2)20(18)29)14-6-4-3-5-7-14/h3-7,12H,8-11,13H2,1-2H3. The minimum absolute atomic E-state index is 0.0267. The summed E-state index contributed by atoms with van der Waals surface area (Å²) in [7, 11) is 3.43. The topological polar surface area (TPSA) is 63.4 Å². The van der Waals surface area contributed by atoms with Crippen LogP contribution < -0.4 is 5.56 Å². The molecule has 1 saturated heterocycles. The lowest BCUT2D eigenvalue weighted by Gasteiger charge is -2.32. The van der Waals surface area contributed by atoms with Gasteiger partial charge in [0.25, 0.3) is 5.56 Å². The van der Waals surface area contributed by atoms with Crippen molar-refractivity contribution in [2.24, 2.45) is 7.05 Å². The molecule has 0 atom stereocenters. The lowest BCUT2D eigenvalue weighted by molar-refractivity contribution is -0.136. The van der Waals surface area contributed by atoms with Gasteiger partial charge in [-0.2, -0.15) is 18.3 Å². The van der Waals surface area contributed by atoms with Gasteiger partial charge in [-0.25, -0.2) is 0 Å². The number of benzene rings is 1. The molecule has 10 heteroatoms.